The van der Waals surface area contributed by atoms with E-state index in [-0.39, 0.29) is 0 Å². The highest BCUT2D eigenvalue weighted by atomic mass is 14.7. The smallest absolute Gasteiger partial charge is 0.0389 e. The van der Waals surface area contributed by atoms with Crippen molar-refractivity contribution >= 4 is 6.21 Å². The fourth-order valence-electron chi connectivity index (χ4n) is 1.46. The van der Waals surface area contributed by atoms with E-state index < -0.39 is 0 Å². The van der Waals surface area contributed by atoms with Gasteiger partial charge in [0.05, 0.1) is 0 Å². The van der Waals surface area contributed by atoms with E-state index in [2.05, 4.69) is 17.1 Å². The Balaban J connectivity index is 2.21. The summed E-state index contributed by atoms with van der Waals surface area (Å²) in [6.07, 6.45) is 15.7. The molecule has 0 radical (unpaired) electrons. The Kier molecular flexibility index (Phi) is 5.60. The van der Waals surface area contributed by atoms with Crippen molar-refractivity contribution in [2.24, 2.45) is 4.99 Å². The van der Waals surface area contributed by atoms with Gasteiger partial charge in [0.1, 0.15) is 0 Å². The van der Waals surface area contributed by atoms with Crippen molar-refractivity contribution < 1.29 is 0 Å². The molecule has 0 bridgehead atoms. The van der Waals surface area contributed by atoms with Crippen LogP contribution in [0.2, 0.25) is 0 Å². The second-order valence-electron chi connectivity index (χ2n) is 3.39. The molecule has 1 aliphatic rings. The van der Waals surface area contributed by atoms with E-state index in [0.717, 1.165) is 6.54 Å². The Morgan fingerprint density at radius 1 is 0.833 bits per heavy atom. The van der Waals surface area contributed by atoms with Crippen molar-refractivity contribution in [3.8, 4) is 0 Å². The molecule has 0 saturated heterocycles. The van der Waals surface area contributed by atoms with E-state index in [9.17, 15) is 0 Å². The monoisotopic (exact) mass is 165 g/mol. The van der Waals surface area contributed by atoms with Gasteiger partial charge >= 0.3 is 0 Å². The summed E-state index contributed by atoms with van der Waals surface area (Å²) in [5.74, 6) is 0. The number of rotatable bonds is 0. The lowest BCUT2D eigenvalue weighted by Crippen LogP contribution is -1.85. The molecule has 1 heteroatoms. The molecule has 12 heavy (non-hydrogen) atoms. The Morgan fingerprint density at radius 2 is 1.58 bits per heavy atom. The highest BCUT2D eigenvalue weighted by Gasteiger charge is 1.90. The van der Waals surface area contributed by atoms with Crippen LogP contribution >= 0.6 is 0 Å². The first-order valence-electron chi connectivity index (χ1n) is 5.15. The van der Waals surface area contributed by atoms with Crippen LogP contribution in [0, 0.1) is 0 Å². The van der Waals surface area contributed by atoms with Crippen molar-refractivity contribution in [3.63, 3.8) is 0 Å². The maximum Gasteiger partial charge on any atom is 0.0389 e. The molecule has 0 fully saturated rings. The second-order valence-corrected chi connectivity index (χ2v) is 3.39. The van der Waals surface area contributed by atoms with Crippen LogP contribution in [-0.4, -0.2) is 12.8 Å². The maximum absolute atomic E-state index is 4.29. The minimum absolute atomic E-state index is 1.02. The van der Waals surface area contributed by atoms with Gasteiger partial charge < -0.3 is 0 Å². The van der Waals surface area contributed by atoms with Crippen molar-refractivity contribution in [2.45, 2.75) is 44.9 Å². The molecule has 0 aromatic carbocycles. The summed E-state index contributed by atoms with van der Waals surface area (Å²) >= 11 is 0. The lowest BCUT2D eigenvalue weighted by atomic mass is 10.1. The van der Waals surface area contributed by atoms with E-state index in [1.807, 2.05) is 6.21 Å². The van der Waals surface area contributed by atoms with E-state index in [4.69, 9.17) is 0 Å². The van der Waals surface area contributed by atoms with Crippen LogP contribution in [0.1, 0.15) is 44.9 Å². The fourth-order valence-corrected chi connectivity index (χ4v) is 1.46. The minimum Gasteiger partial charge on any atom is -0.293 e. The topological polar surface area (TPSA) is 12.4 Å². The second kappa shape index (κ2) is 7.08. The zero-order valence-corrected chi connectivity index (χ0v) is 7.84. The van der Waals surface area contributed by atoms with Gasteiger partial charge in [-0.2, -0.15) is 0 Å². The first-order chi connectivity index (χ1) is 6.00. The minimum atomic E-state index is 1.02. The summed E-state index contributed by atoms with van der Waals surface area (Å²) in [4.78, 5) is 4.29. The predicted octanol–water partition coefficient (Wildman–Crippen LogP) is 3.36. The first-order valence-corrected chi connectivity index (χ1v) is 5.15. The summed E-state index contributed by atoms with van der Waals surface area (Å²) in [6, 6.07) is 0. The lowest BCUT2D eigenvalue weighted by Gasteiger charge is -1.99. The highest BCUT2D eigenvalue weighted by molar-refractivity contribution is 5.70. The molecular formula is C11H19N. The van der Waals surface area contributed by atoms with Crippen molar-refractivity contribution in [3.05, 3.63) is 12.2 Å². The molecule has 0 spiro atoms. The first kappa shape index (κ1) is 9.50. The Bertz CT molecular complexity index is 129. The summed E-state index contributed by atoms with van der Waals surface area (Å²) in [5, 5.41) is 0. The summed E-state index contributed by atoms with van der Waals surface area (Å²) in [5.41, 5.74) is 0. The summed E-state index contributed by atoms with van der Waals surface area (Å²) < 4.78 is 0. The molecule has 1 nitrogen and oxygen atoms in total. The SMILES string of the molecule is C1=CCCCCCCCCN=C1. The zero-order chi connectivity index (χ0) is 8.49. The van der Waals surface area contributed by atoms with E-state index in [1.54, 1.807) is 0 Å². The maximum atomic E-state index is 4.29. The lowest BCUT2D eigenvalue weighted by molar-refractivity contribution is 0.600. The van der Waals surface area contributed by atoms with Crippen molar-refractivity contribution in [1.29, 1.82) is 0 Å². The van der Waals surface area contributed by atoms with Gasteiger partial charge in [-0.15, -0.1) is 0 Å². The van der Waals surface area contributed by atoms with Gasteiger partial charge in [0.25, 0.3) is 0 Å². The number of allylic oxidation sites excluding steroid dienone is 2. The molecule has 1 aliphatic heterocycles. The van der Waals surface area contributed by atoms with Gasteiger partial charge in [-0.25, -0.2) is 0 Å². The van der Waals surface area contributed by atoms with Crippen LogP contribution in [0.3, 0.4) is 0 Å². The van der Waals surface area contributed by atoms with Crippen LogP contribution in [0.15, 0.2) is 17.1 Å². The fraction of sp³-hybridized carbons (Fsp3) is 0.727. The zero-order valence-electron chi connectivity index (χ0n) is 7.84. The van der Waals surface area contributed by atoms with Gasteiger partial charge in [0.15, 0.2) is 0 Å². The van der Waals surface area contributed by atoms with Crippen molar-refractivity contribution in [2.75, 3.05) is 6.54 Å². The van der Waals surface area contributed by atoms with Crippen LogP contribution < -0.4 is 0 Å². The molecule has 1 heterocycles. The van der Waals surface area contributed by atoms with Gasteiger partial charge in [0.2, 0.25) is 0 Å². The molecule has 0 aromatic heterocycles. The average molecular weight is 165 g/mol. The Hall–Kier alpha value is -0.590. The van der Waals surface area contributed by atoms with E-state index in [1.165, 1.54) is 44.9 Å². The third-order valence-corrected chi connectivity index (χ3v) is 2.24. The number of nitrogens with zero attached hydrogens (tertiary/aromatic N) is 1. The van der Waals surface area contributed by atoms with Crippen molar-refractivity contribution in [1.82, 2.24) is 0 Å². The Labute approximate surface area is 75.6 Å². The third-order valence-electron chi connectivity index (χ3n) is 2.24. The quantitative estimate of drug-likeness (QED) is 0.522. The van der Waals surface area contributed by atoms with E-state index in [0.29, 0.717) is 0 Å². The predicted molar refractivity (Wildman–Crippen MR) is 54.8 cm³/mol. The molecule has 0 unspecified atom stereocenters. The normalized spacial score (nSPS) is 21.3. The third kappa shape index (κ3) is 5.11. The van der Waals surface area contributed by atoms with Crippen LogP contribution in [0.25, 0.3) is 0 Å². The van der Waals surface area contributed by atoms with E-state index >= 15 is 0 Å². The number of hydrogen-bond donors (Lipinski definition) is 0. The average Bonchev–Trinajstić information content (AvgIpc) is 2.05. The Morgan fingerprint density at radius 3 is 2.50 bits per heavy atom. The molecule has 0 aliphatic carbocycles. The standard InChI is InChI=1S/C11H19N/c1-2-4-6-8-10-12-11-9-7-5-3-1/h6,8,10H,1-5,7,9,11H2. The summed E-state index contributed by atoms with van der Waals surface area (Å²) in [6.45, 7) is 1.02. The highest BCUT2D eigenvalue weighted by Crippen LogP contribution is 2.07. The van der Waals surface area contributed by atoms with Crippen LogP contribution in [0.4, 0.5) is 0 Å². The largest absolute Gasteiger partial charge is 0.293 e. The molecule has 0 aromatic rings. The molecular weight excluding hydrogens is 146 g/mol. The molecule has 0 atom stereocenters. The van der Waals surface area contributed by atoms with Gasteiger partial charge in [-0.1, -0.05) is 31.8 Å². The molecule has 0 N–H and O–H groups in total. The van der Waals surface area contributed by atoms with Gasteiger partial charge in [0, 0.05) is 12.8 Å². The van der Waals surface area contributed by atoms with Gasteiger partial charge in [-0.3, -0.25) is 4.99 Å². The molecule has 0 amide bonds. The van der Waals surface area contributed by atoms with Crippen LogP contribution in [0.5, 0.6) is 0 Å². The molecule has 1 rings (SSSR count). The van der Waals surface area contributed by atoms with Gasteiger partial charge in [-0.05, 0) is 25.3 Å². The molecule has 0 saturated carbocycles. The summed E-state index contributed by atoms with van der Waals surface area (Å²) in [7, 11) is 0. The number of hydrogen-bond acceptors (Lipinski definition) is 1. The molecule has 68 valence electrons. The number of aliphatic imine (C=N–C) groups is 1. The van der Waals surface area contributed by atoms with Crippen LogP contribution in [-0.2, 0) is 0 Å².